The van der Waals surface area contributed by atoms with Crippen LogP contribution in [0.1, 0.15) is 41.3 Å². The third-order valence-electron chi connectivity index (χ3n) is 6.93. The third-order valence-corrected chi connectivity index (χ3v) is 6.93. The standard InChI is InChI=1S/C30H28F3N3O/c1-20(2)21-10-12-22(13-11-21)28-19-26(25-8-3-4-9-27(25)34-28)29(37)36-16-14-35(15-17-36)24-7-5-6-23(18-24)30(31,32)33/h3-13,18-20H,14-17H2,1-2H3. The lowest BCUT2D eigenvalue weighted by molar-refractivity contribution is -0.137. The Hall–Kier alpha value is -3.87. The molecule has 0 bridgehead atoms. The maximum atomic E-state index is 13.7. The molecule has 3 aromatic carbocycles. The van der Waals surface area contributed by atoms with Gasteiger partial charge >= 0.3 is 6.18 Å². The first-order valence-corrected chi connectivity index (χ1v) is 12.4. The third kappa shape index (κ3) is 5.17. The molecule has 0 saturated carbocycles. The van der Waals surface area contributed by atoms with Gasteiger partial charge < -0.3 is 9.80 Å². The fourth-order valence-electron chi connectivity index (χ4n) is 4.76. The van der Waals surface area contributed by atoms with Crippen molar-refractivity contribution in [3.63, 3.8) is 0 Å². The normalized spacial score (nSPS) is 14.4. The monoisotopic (exact) mass is 503 g/mol. The summed E-state index contributed by atoms with van der Waals surface area (Å²) in [6, 6.07) is 23.1. The van der Waals surface area contributed by atoms with E-state index in [-0.39, 0.29) is 5.91 Å². The van der Waals surface area contributed by atoms with Crippen molar-refractivity contribution in [3.05, 3.63) is 95.6 Å². The summed E-state index contributed by atoms with van der Waals surface area (Å²) in [4.78, 5) is 22.2. The summed E-state index contributed by atoms with van der Waals surface area (Å²) in [5.41, 5.74) is 4.10. The Labute approximate surface area is 214 Å². The zero-order chi connectivity index (χ0) is 26.2. The summed E-state index contributed by atoms with van der Waals surface area (Å²) in [5, 5.41) is 0.787. The molecule has 37 heavy (non-hydrogen) atoms. The van der Waals surface area contributed by atoms with Gasteiger partial charge in [0, 0.05) is 42.8 Å². The number of hydrogen-bond donors (Lipinski definition) is 0. The van der Waals surface area contributed by atoms with E-state index in [4.69, 9.17) is 4.98 Å². The van der Waals surface area contributed by atoms with Crippen LogP contribution in [-0.2, 0) is 6.18 Å². The average molecular weight is 504 g/mol. The number of anilines is 1. The first-order chi connectivity index (χ1) is 17.7. The van der Waals surface area contributed by atoms with E-state index in [1.807, 2.05) is 47.4 Å². The van der Waals surface area contributed by atoms with E-state index < -0.39 is 11.7 Å². The van der Waals surface area contributed by atoms with E-state index in [1.165, 1.54) is 17.7 Å². The second-order valence-corrected chi connectivity index (χ2v) is 9.68. The van der Waals surface area contributed by atoms with Crippen molar-refractivity contribution in [2.24, 2.45) is 0 Å². The van der Waals surface area contributed by atoms with Gasteiger partial charge in [-0.15, -0.1) is 0 Å². The maximum Gasteiger partial charge on any atom is 0.416 e. The van der Waals surface area contributed by atoms with E-state index in [0.717, 1.165) is 28.2 Å². The molecule has 190 valence electrons. The summed E-state index contributed by atoms with van der Waals surface area (Å²) in [7, 11) is 0. The predicted octanol–water partition coefficient (Wildman–Crippen LogP) is 7.01. The molecule has 0 atom stereocenters. The minimum Gasteiger partial charge on any atom is -0.368 e. The van der Waals surface area contributed by atoms with Crippen LogP contribution in [0.25, 0.3) is 22.2 Å². The zero-order valence-electron chi connectivity index (χ0n) is 20.8. The van der Waals surface area contributed by atoms with Gasteiger partial charge in [0.1, 0.15) is 0 Å². The summed E-state index contributed by atoms with van der Waals surface area (Å²) in [6.45, 7) is 6.05. The van der Waals surface area contributed by atoms with E-state index in [9.17, 15) is 18.0 Å². The summed E-state index contributed by atoms with van der Waals surface area (Å²) < 4.78 is 39.5. The Kier molecular flexibility index (Phi) is 6.63. The number of hydrogen-bond acceptors (Lipinski definition) is 3. The fraction of sp³-hybridized carbons (Fsp3) is 0.267. The number of benzene rings is 3. The van der Waals surface area contributed by atoms with Crippen LogP contribution in [0.5, 0.6) is 0 Å². The molecule has 0 aliphatic carbocycles. The van der Waals surface area contributed by atoms with Crippen LogP contribution in [0.3, 0.4) is 0 Å². The van der Waals surface area contributed by atoms with Gasteiger partial charge in [-0.3, -0.25) is 4.79 Å². The van der Waals surface area contributed by atoms with Crippen LogP contribution < -0.4 is 4.90 Å². The number of piperazine rings is 1. The highest BCUT2D eigenvalue weighted by Gasteiger charge is 2.31. The van der Waals surface area contributed by atoms with Crippen LogP contribution >= 0.6 is 0 Å². The van der Waals surface area contributed by atoms with Crippen LogP contribution in [0.15, 0.2) is 78.9 Å². The van der Waals surface area contributed by atoms with Crippen molar-refractivity contribution >= 4 is 22.5 Å². The molecular weight excluding hydrogens is 475 g/mol. The molecule has 1 amide bonds. The first-order valence-electron chi connectivity index (χ1n) is 12.4. The molecule has 4 aromatic rings. The van der Waals surface area contributed by atoms with Gasteiger partial charge in [0.15, 0.2) is 0 Å². The zero-order valence-corrected chi connectivity index (χ0v) is 20.8. The number of carbonyl (C=O) groups excluding carboxylic acids is 1. The smallest absolute Gasteiger partial charge is 0.368 e. The lowest BCUT2D eigenvalue weighted by Gasteiger charge is -2.36. The number of halogens is 3. The largest absolute Gasteiger partial charge is 0.416 e. The highest BCUT2D eigenvalue weighted by molar-refractivity contribution is 6.07. The number of carbonyl (C=O) groups is 1. The van der Waals surface area contributed by atoms with Gasteiger partial charge in [-0.2, -0.15) is 13.2 Å². The van der Waals surface area contributed by atoms with E-state index in [2.05, 4.69) is 26.0 Å². The average Bonchev–Trinajstić information content (AvgIpc) is 2.92. The number of rotatable bonds is 4. The highest BCUT2D eigenvalue weighted by Crippen LogP contribution is 2.32. The van der Waals surface area contributed by atoms with Gasteiger partial charge in [0.2, 0.25) is 0 Å². The molecule has 0 N–H and O–H groups in total. The minimum atomic E-state index is -4.39. The number of pyridine rings is 1. The van der Waals surface area contributed by atoms with E-state index >= 15 is 0 Å². The van der Waals surface area contributed by atoms with Gasteiger partial charge in [-0.1, -0.05) is 62.4 Å². The molecule has 1 saturated heterocycles. The van der Waals surface area contributed by atoms with Crippen LogP contribution in [0, 0.1) is 0 Å². The van der Waals surface area contributed by atoms with Crippen molar-refractivity contribution in [1.82, 2.24) is 9.88 Å². The van der Waals surface area contributed by atoms with Crippen molar-refractivity contribution in [3.8, 4) is 11.3 Å². The second-order valence-electron chi connectivity index (χ2n) is 9.68. The highest BCUT2D eigenvalue weighted by atomic mass is 19.4. The molecule has 0 spiro atoms. The fourth-order valence-corrected chi connectivity index (χ4v) is 4.76. The van der Waals surface area contributed by atoms with Gasteiger partial charge in [0.05, 0.1) is 22.3 Å². The SMILES string of the molecule is CC(C)c1ccc(-c2cc(C(=O)N3CCN(c4cccc(C(F)(F)F)c4)CC3)c3ccccc3n2)cc1. The topological polar surface area (TPSA) is 36.4 Å². The second kappa shape index (κ2) is 9.88. The van der Waals surface area contributed by atoms with Crippen LogP contribution in [0.2, 0.25) is 0 Å². The maximum absolute atomic E-state index is 13.7. The number of amides is 1. The Bertz CT molecular complexity index is 1420. The summed E-state index contributed by atoms with van der Waals surface area (Å²) >= 11 is 0. The molecule has 0 radical (unpaired) electrons. The Morgan fingerprint density at radius 1 is 0.865 bits per heavy atom. The lowest BCUT2D eigenvalue weighted by atomic mass is 9.99. The predicted molar refractivity (Wildman–Crippen MR) is 141 cm³/mol. The Morgan fingerprint density at radius 2 is 1.57 bits per heavy atom. The van der Waals surface area contributed by atoms with Crippen molar-refractivity contribution in [2.75, 3.05) is 31.1 Å². The quantitative estimate of drug-likeness (QED) is 0.301. The number of alkyl halides is 3. The molecular formula is C30H28F3N3O. The lowest BCUT2D eigenvalue weighted by Crippen LogP contribution is -2.48. The van der Waals surface area contributed by atoms with Crippen LogP contribution in [0.4, 0.5) is 18.9 Å². The molecule has 1 aliphatic rings. The molecule has 1 fully saturated rings. The first kappa shape index (κ1) is 24.8. The van der Waals surface area contributed by atoms with Gasteiger partial charge in [0.25, 0.3) is 5.91 Å². The number of nitrogens with zero attached hydrogens (tertiary/aromatic N) is 3. The molecule has 5 rings (SSSR count). The Balaban J connectivity index is 1.40. The molecule has 1 aromatic heterocycles. The van der Waals surface area contributed by atoms with E-state index in [1.54, 1.807) is 11.0 Å². The van der Waals surface area contributed by atoms with Crippen molar-refractivity contribution in [1.29, 1.82) is 0 Å². The van der Waals surface area contributed by atoms with Gasteiger partial charge in [-0.05, 0) is 41.8 Å². The number of para-hydroxylation sites is 1. The molecule has 4 nitrogen and oxygen atoms in total. The Morgan fingerprint density at radius 3 is 2.24 bits per heavy atom. The number of fused-ring (bicyclic) bond motifs is 1. The van der Waals surface area contributed by atoms with Crippen molar-refractivity contribution in [2.45, 2.75) is 25.9 Å². The number of aromatic nitrogens is 1. The summed E-state index contributed by atoms with van der Waals surface area (Å²) in [5.74, 6) is 0.327. The van der Waals surface area contributed by atoms with E-state index in [0.29, 0.717) is 43.3 Å². The van der Waals surface area contributed by atoms with Gasteiger partial charge in [-0.25, -0.2) is 4.98 Å². The van der Waals surface area contributed by atoms with Crippen molar-refractivity contribution < 1.29 is 18.0 Å². The molecule has 2 heterocycles. The molecule has 7 heteroatoms. The minimum absolute atomic E-state index is 0.0951. The summed E-state index contributed by atoms with van der Waals surface area (Å²) in [6.07, 6.45) is -4.39. The molecule has 1 aliphatic heterocycles. The molecule has 0 unspecified atom stereocenters. The van der Waals surface area contributed by atoms with Crippen LogP contribution in [-0.4, -0.2) is 42.0 Å².